The largest absolute Gasteiger partial charge is 0.507 e. The zero-order valence-electron chi connectivity index (χ0n) is 17.2. The Morgan fingerprint density at radius 3 is 2.23 bits per heavy atom. The summed E-state index contributed by atoms with van der Waals surface area (Å²) >= 11 is 0. The third-order valence-corrected chi connectivity index (χ3v) is 5.83. The van der Waals surface area contributed by atoms with Gasteiger partial charge in [0, 0.05) is 24.2 Å². The van der Waals surface area contributed by atoms with E-state index in [0.717, 1.165) is 23.3 Å². The summed E-state index contributed by atoms with van der Waals surface area (Å²) in [6.07, 6.45) is 0.257. The number of carbonyl (C=O) groups excluding carboxylic acids is 1. The molecule has 0 fully saturated rings. The molecule has 1 aliphatic rings. The van der Waals surface area contributed by atoms with E-state index < -0.39 is 11.9 Å². The number of benzene rings is 3. The minimum absolute atomic E-state index is 0.0327. The van der Waals surface area contributed by atoms with Crippen LogP contribution in [-0.4, -0.2) is 30.2 Å². The Bertz CT molecular complexity index is 1100. The SMILES string of the molecule is CCC(c1ccc(OC)cc1)c1cc(O)c2c(c1)C(OC)c1cccc(O)c1C2=O. The van der Waals surface area contributed by atoms with Gasteiger partial charge in [0.05, 0.1) is 18.2 Å². The number of phenols is 2. The van der Waals surface area contributed by atoms with Crippen molar-refractivity contribution in [3.63, 3.8) is 0 Å². The van der Waals surface area contributed by atoms with Crippen molar-refractivity contribution in [2.75, 3.05) is 14.2 Å². The van der Waals surface area contributed by atoms with Crippen LogP contribution in [0.25, 0.3) is 0 Å². The number of aromatic hydroxyl groups is 2. The number of phenolic OH excluding ortho intramolecular Hbond substituents is 2. The minimum atomic E-state index is -0.556. The normalized spacial score (nSPS) is 16.0. The fourth-order valence-corrected chi connectivity index (χ4v) is 4.40. The van der Waals surface area contributed by atoms with Gasteiger partial charge < -0.3 is 19.7 Å². The Hall–Kier alpha value is -3.31. The number of rotatable bonds is 5. The lowest BCUT2D eigenvalue weighted by Gasteiger charge is -2.29. The Balaban J connectivity index is 1.86. The molecule has 0 aromatic heterocycles. The maximum absolute atomic E-state index is 13.1. The quantitative estimate of drug-likeness (QED) is 0.631. The number of ketones is 1. The highest BCUT2D eigenvalue weighted by Gasteiger charge is 2.36. The molecule has 0 radical (unpaired) electrons. The second kappa shape index (κ2) is 7.84. The predicted octanol–water partition coefficient (Wildman–Crippen LogP) is 4.93. The molecule has 5 heteroatoms. The van der Waals surface area contributed by atoms with Crippen molar-refractivity contribution in [2.45, 2.75) is 25.4 Å². The van der Waals surface area contributed by atoms with E-state index in [1.165, 1.54) is 6.07 Å². The summed E-state index contributed by atoms with van der Waals surface area (Å²) in [4.78, 5) is 13.1. The van der Waals surface area contributed by atoms with Gasteiger partial charge in [-0.25, -0.2) is 0 Å². The first-order valence-electron chi connectivity index (χ1n) is 9.90. The van der Waals surface area contributed by atoms with Crippen LogP contribution in [-0.2, 0) is 4.74 Å². The predicted molar refractivity (Wildman–Crippen MR) is 114 cm³/mol. The van der Waals surface area contributed by atoms with Gasteiger partial charge in [-0.1, -0.05) is 37.3 Å². The van der Waals surface area contributed by atoms with Crippen LogP contribution in [0.2, 0.25) is 0 Å². The van der Waals surface area contributed by atoms with Crippen LogP contribution in [0.5, 0.6) is 17.2 Å². The molecule has 0 aliphatic heterocycles. The highest BCUT2D eigenvalue weighted by Crippen LogP contribution is 2.45. The lowest BCUT2D eigenvalue weighted by atomic mass is 9.79. The molecule has 3 aromatic rings. The molecule has 2 N–H and O–H groups in total. The molecule has 0 saturated carbocycles. The van der Waals surface area contributed by atoms with Gasteiger partial charge in [-0.05, 0) is 41.8 Å². The van der Waals surface area contributed by atoms with Crippen molar-refractivity contribution in [3.05, 3.63) is 88.0 Å². The Morgan fingerprint density at radius 2 is 1.60 bits per heavy atom. The van der Waals surface area contributed by atoms with Crippen LogP contribution < -0.4 is 4.74 Å². The highest BCUT2D eigenvalue weighted by molar-refractivity contribution is 6.15. The van der Waals surface area contributed by atoms with Crippen molar-refractivity contribution in [1.82, 2.24) is 0 Å². The molecule has 3 aromatic carbocycles. The molecule has 154 valence electrons. The minimum Gasteiger partial charge on any atom is -0.507 e. The first kappa shape index (κ1) is 20.0. The molecule has 30 heavy (non-hydrogen) atoms. The topological polar surface area (TPSA) is 76.0 Å². The van der Waals surface area contributed by atoms with E-state index in [2.05, 4.69) is 6.92 Å². The molecule has 0 heterocycles. The number of ether oxygens (including phenoxy) is 2. The summed E-state index contributed by atoms with van der Waals surface area (Å²) in [6, 6.07) is 16.4. The first-order chi connectivity index (χ1) is 14.5. The second-order valence-corrected chi connectivity index (χ2v) is 7.42. The van der Waals surface area contributed by atoms with Crippen LogP contribution in [0.4, 0.5) is 0 Å². The van der Waals surface area contributed by atoms with E-state index in [4.69, 9.17) is 9.47 Å². The highest BCUT2D eigenvalue weighted by atomic mass is 16.5. The average Bonchev–Trinajstić information content (AvgIpc) is 2.75. The smallest absolute Gasteiger partial charge is 0.201 e. The lowest BCUT2D eigenvalue weighted by Crippen LogP contribution is -2.21. The Kier molecular flexibility index (Phi) is 5.22. The van der Waals surface area contributed by atoms with Gasteiger partial charge >= 0.3 is 0 Å². The molecule has 2 atom stereocenters. The van der Waals surface area contributed by atoms with E-state index in [1.54, 1.807) is 32.4 Å². The fourth-order valence-electron chi connectivity index (χ4n) is 4.40. The molecule has 0 bridgehead atoms. The van der Waals surface area contributed by atoms with Gasteiger partial charge in [0.15, 0.2) is 0 Å². The third kappa shape index (κ3) is 3.12. The van der Waals surface area contributed by atoms with Gasteiger partial charge in [0.2, 0.25) is 5.78 Å². The maximum atomic E-state index is 13.1. The van der Waals surface area contributed by atoms with Crippen LogP contribution in [0, 0.1) is 0 Å². The van der Waals surface area contributed by atoms with Crippen molar-refractivity contribution in [2.24, 2.45) is 0 Å². The maximum Gasteiger partial charge on any atom is 0.201 e. The van der Waals surface area contributed by atoms with E-state index >= 15 is 0 Å². The summed E-state index contributed by atoms with van der Waals surface area (Å²) in [5.41, 5.74) is 3.57. The third-order valence-electron chi connectivity index (χ3n) is 5.83. The molecule has 2 unspecified atom stereocenters. The van der Waals surface area contributed by atoms with Crippen molar-refractivity contribution in [1.29, 1.82) is 0 Å². The first-order valence-corrected chi connectivity index (χ1v) is 9.90. The van der Waals surface area contributed by atoms with Crippen LogP contribution >= 0.6 is 0 Å². The zero-order chi connectivity index (χ0) is 21.4. The summed E-state index contributed by atoms with van der Waals surface area (Å²) < 4.78 is 11.0. The van der Waals surface area contributed by atoms with Crippen LogP contribution in [0.15, 0.2) is 54.6 Å². The summed E-state index contributed by atoms with van der Waals surface area (Å²) in [6.45, 7) is 2.08. The van der Waals surface area contributed by atoms with E-state index in [9.17, 15) is 15.0 Å². The van der Waals surface area contributed by atoms with Gasteiger partial charge in [-0.2, -0.15) is 0 Å². The second-order valence-electron chi connectivity index (χ2n) is 7.42. The number of hydrogen-bond donors (Lipinski definition) is 2. The lowest BCUT2D eigenvalue weighted by molar-refractivity contribution is 0.0978. The van der Waals surface area contributed by atoms with E-state index in [0.29, 0.717) is 11.1 Å². The van der Waals surface area contributed by atoms with Gasteiger partial charge in [0.25, 0.3) is 0 Å². The fraction of sp³-hybridized carbons (Fsp3) is 0.240. The van der Waals surface area contributed by atoms with Crippen molar-refractivity contribution < 1.29 is 24.5 Å². The van der Waals surface area contributed by atoms with Crippen LogP contribution in [0.3, 0.4) is 0 Å². The van der Waals surface area contributed by atoms with Crippen molar-refractivity contribution >= 4 is 5.78 Å². The summed E-state index contributed by atoms with van der Waals surface area (Å²) in [5, 5.41) is 21.1. The van der Waals surface area contributed by atoms with Gasteiger partial charge in [-0.3, -0.25) is 4.79 Å². The standard InChI is InChI=1S/C25H24O5/c1-4-17(14-8-10-16(29-2)11-9-14)15-12-19-23(21(27)13-15)24(28)22-18(25(19)30-3)6-5-7-20(22)26/h5-13,17,25-27H,4H2,1-3H3. The molecule has 0 saturated heterocycles. The van der Waals surface area contributed by atoms with Crippen LogP contribution in [0.1, 0.15) is 63.5 Å². The summed E-state index contributed by atoms with van der Waals surface area (Å²) in [5.74, 6) is 0.204. The van der Waals surface area contributed by atoms with Gasteiger partial charge in [-0.15, -0.1) is 0 Å². The summed E-state index contributed by atoms with van der Waals surface area (Å²) in [7, 11) is 3.19. The monoisotopic (exact) mass is 404 g/mol. The van der Waals surface area contributed by atoms with E-state index in [1.807, 2.05) is 30.3 Å². The van der Waals surface area contributed by atoms with Gasteiger partial charge in [0.1, 0.15) is 23.4 Å². The average molecular weight is 404 g/mol. The number of fused-ring (bicyclic) bond motifs is 2. The zero-order valence-corrected chi connectivity index (χ0v) is 17.2. The molecule has 0 amide bonds. The molecule has 0 spiro atoms. The number of methoxy groups -OCH3 is 2. The number of hydrogen-bond acceptors (Lipinski definition) is 5. The Labute approximate surface area is 175 Å². The van der Waals surface area contributed by atoms with Crippen molar-refractivity contribution in [3.8, 4) is 17.2 Å². The molecule has 5 nitrogen and oxygen atoms in total. The van der Waals surface area contributed by atoms with E-state index in [-0.39, 0.29) is 28.5 Å². The molecular formula is C25H24O5. The molecule has 1 aliphatic carbocycles. The molecule has 4 rings (SSSR count). The Morgan fingerprint density at radius 1 is 0.900 bits per heavy atom. The number of carbonyl (C=O) groups is 1. The molecular weight excluding hydrogens is 380 g/mol.